The van der Waals surface area contributed by atoms with Crippen LogP contribution < -0.4 is 5.32 Å². The molecule has 190 valence electrons. The van der Waals surface area contributed by atoms with Crippen molar-refractivity contribution < 1.29 is 9.59 Å². The summed E-state index contributed by atoms with van der Waals surface area (Å²) in [4.78, 5) is 39.4. The first-order valence-electron chi connectivity index (χ1n) is 12.6. The molecule has 2 amide bonds. The maximum absolute atomic E-state index is 13.3. The highest BCUT2D eigenvalue weighted by Crippen LogP contribution is 2.32. The van der Waals surface area contributed by atoms with E-state index in [0.29, 0.717) is 18.1 Å². The molecule has 4 rings (SSSR count). The topological polar surface area (TPSA) is 83.4 Å². The molecule has 0 spiro atoms. The van der Waals surface area contributed by atoms with Crippen molar-refractivity contribution in [3.05, 3.63) is 65.0 Å². The molecule has 8 nitrogen and oxygen atoms in total. The number of benzene rings is 1. The molecule has 1 aliphatic heterocycles. The van der Waals surface area contributed by atoms with E-state index in [1.807, 2.05) is 56.0 Å². The quantitative estimate of drug-likeness (QED) is 0.524. The van der Waals surface area contributed by atoms with Gasteiger partial charge in [-0.15, -0.1) is 0 Å². The lowest BCUT2D eigenvalue weighted by Crippen LogP contribution is -2.35. The minimum absolute atomic E-state index is 0.000936. The Kier molecular flexibility index (Phi) is 7.84. The number of aryl methyl sites for hydroxylation is 3. The number of fused-ring (bicyclic) bond motifs is 1. The first kappa shape index (κ1) is 25.6. The van der Waals surface area contributed by atoms with Gasteiger partial charge in [-0.05, 0) is 77.9 Å². The zero-order valence-corrected chi connectivity index (χ0v) is 21.9. The van der Waals surface area contributed by atoms with E-state index < -0.39 is 0 Å². The van der Waals surface area contributed by atoms with Crippen LogP contribution in [0.15, 0.2) is 42.5 Å². The van der Waals surface area contributed by atoms with Crippen LogP contribution in [0.4, 0.5) is 5.95 Å². The van der Waals surface area contributed by atoms with Gasteiger partial charge in [-0.25, -0.2) is 4.98 Å². The highest BCUT2D eigenvalue weighted by molar-refractivity contribution is 6.04. The molecule has 0 bridgehead atoms. The molecule has 3 heterocycles. The van der Waals surface area contributed by atoms with Gasteiger partial charge >= 0.3 is 0 Å². The van der Waals surface area contributed by atoms with Gasteiger partial charge in [0.25, 0.3) is 5.91 Å². The number of anilines is 1. The molecule has 2 aromatic heterocycles. The Labute approximate surface area is 213 Å². The number of carbonyl (C=O) groups excluding carboxylic acids is 2. The van der Waals surface area contributed by atoms with Gasteiger partial charge < -0.3 is 14.4 Å². The standard InChI is InChI=1S/C28H36N6O2/c1-19-10-8-12-24-26(19)34(28(30-24)31-27(36)22-16-20(2)29-21(3)17-22)23-11-6-7-15-33(18-23)25(35)13-9-14-32(4)5/h8-10,12-13,16-17,23H,6-7,11,14-15,18H2,1-5H3,(H,30,31,36). The zero-order valence-electron chi connectivity index (χ0n) is 21.9. The number of imidazole rings is 1. The van der Waals surface area contributed by atoms with E-state index >= 15 is 0 Å². The second-order valence-corrected chi connectivity index (χ2v) is 9.94. The Hall–Kier alpha value is -3.52. The third-order valence-electron chi connectivity index (χ3n) is 6.54. The lowest BCUT2D eigenvalue weighted by atomic mass is 10.1. The number of carbonyl (C=O) groups is 2. The zero-order chi connectivity index (χ0) is 25.8. The van der Waals surface area contributed by atoms with Crippen LogP contribution >= 0.6 is 0 Å². The van der Waals surface area contributed by atoms with Crippen molar-refractivity contribution in [2.45, 2.75) is 46.1 Å². The maximum Gasteiger partial charge on any atom is 0.258 e. The largest absolute Gasteiger partial charge is 0.337 e. The number of amides is 2. The van der Waals surface area contributed by atoms with E-state index in [9.17, 15) is 9.59 Å². The van der Waals surface area contributed by atoms with Gasteiger partial charge in [0.15, 0.2) is 0 Å². The molecule has 1 saturated heterocycles. The predicted octanol–water partition coefficient (Wildman–Crippen LogP) is 4.28. The Morgan fingerprint density at radius 2 is 1.86 bits per heavy atom. The number of rotatable bonds is 6. The van der Waals surface area contributed by atoms with Crippen LogP contribution in [0, 0.1) is 20.8 Å². The number of para-hydroxylation sites is 1. The molecule has 1 aliphatic rings. The maximum atomic E-state index is 13.3. The number of pyridine rings is 1. The van der Waals surface area contributed by atoms with Crippen LogP contribution in [0.3, 0.4) is 0 Å². The molecule has 36 heavy (non-hydrogen) atoms. The molecular weight excluding hydrogens is 452 g/mol. The average molecular weight is 489 g/mol. The molecule has 1 fully saturated rings. The normalized spacial score (nSPS) is 16.6. The van der Waals surface area contributed by atoms with E-state index in [2.05, 4.69) is 27.9 Å². The summed E-state index contributed by atoms with van der Waals surface area (Å²) < 4.78 is 2.14. The fourth-order valence-electron chi connectivity index (χ4n) is 4.90. The number of hydrogen-bond donors (Lipinski definition) is 1. The number of nitrogens with one attached hydrogen (secondary N) is 1. The first-order valence-corrected chi connectivity index (χ1v) is 12.6. The predicted molar refractivity (Wildman–Crippen MR) is 143 cm³/mol. The summed E-state index contributed by atoms with van der Waals surface area (Å²) in [7, 11) is 3.96. The fourth-order valence-corrected chi connectivity index (χ4v) is 4.90. The lowest BCUT2D eigenvalue weighted by molar-refractivity contribution is -0.126. The van der Waals surface area contributed by atoms with E-state index in [-0.39, 0.29) is 17.9 Å². The van der Waals surface area contributed by atoms with Crippen LogP contribution in [0.25, 0.3) is 11.0 Å². The number of hydrogen-bond acceptors (Lipinski definition) is 5. The van der Waals surface area contributed by atoms with Crippen molar-refractivity contribution in [2.24, 2.45) is 0 Å². The van der Waals surface area contributed by atoms with Gasteiger partial charge in [-0.3, -0.25) is 19.9 Å². The van der Waals surface area contributed by atoms with Gasteiger partial charge in [0.2, 0.25) is 11.9 Å². The molecule has 0 saturated carbocycles. The molecule has 1 atom stereocenters. The second kappa shape index (κ2) is 11.0. The molecule has 3 aromatic rings. The molecule has 1 aromatic carbocycles. The molecular formula is C28H36N6O2. The van der Waals surface area contributed by atoms with Crippen molar-refractivity contribution >= 4 is 28.8 Å². The van der Waals surface area contributed by atoms with Crippen LogP contribution in [0.5, 0.6) is 0 Å². The van der Waals surface area contributed by atoms with E-state index in [4.69, 9.17) is 4.98 Å². The minimum Gasteiger partial charge on any atom is -0.337 e. The number of likely N-dealkylation sites (N-methyl/N-ethyl adjacent to an activating group) is 1. The van der Waals surface area contributed by atoms with E-state index in [0.717, 1.165) is 60.3 Å². The Balaban J connectivity index is 1.68. The average Bonchev–Trinajstić information content (AvgIpc) is 3.00. The molecule has 1 N–H and O–H groups in total. The van der Waals surface area contributed by atoms with Gasteiger partial charge in [-0.1, -0.05) is 18.2 Å². The smallest absolute Gasteiger partial charge is 0.258 e. The van der Waals surface area contributed by atoms with Crippen molar-refractivity contribution in [2.75, 3.05) is 39.0 Å². The van der Waals surface area contributed by atoms with Crippen molar-refractivity contribution in [1.29, 1.82) is 0 Å². The lowest BCUT2D eigenvalue weighted by Gasteiger charge is -2.26. The summed E-state index contributed by atoms with van der Waals surface area (Å²) in [6, 6.07) is 9.58. The fraction of sp³-hybridized carbons (Fsp3) is 0.429. The molecule has 0 radical (unpaired) electrons. The number of likely N-dealkylation sites (tertiary alicyclic amines) is 1. The Morgan fingerprint density at radius 3 is 2.58 bits per heavy atom. The van der Waals surface area contributed by atoms with Crippen molar-refractivity contribution in [1.82, 2.24) is 24.3 Å². The molecule has 0 aliphatic carbocycles. The van der Waals surface area contributed by atoms with Gasteiger partial charge in [-0.2, -0.15) is 0 Å². The first-order chi connectivity index (χ1) is 17.2. The van der Waals surface area contributed by atoms with Crippen LogP contribution in [-0.2, 0) is 4.79 Å². The summed E-state index contributed by atoms with van der Waals surface area (Å²) in [5.74, 6) is 0.322. The highest BCUT2D eigenvalue weighted by atomic mass is 16.2. The van der Waals surface area contributed by atoms with Crippen LogP contribution in [0.1, 0.15) is 52.6 Å². The van der Waals surface area contributed by atoms with E-state index in [1.165, 1.54) is 0 Å². The monoisotopic (exact) mass is 488 g/mol. The van der Waals surface area contributed by atoms with E-state index in [1.54, 1.807) is 18.2 Å². The second-order valence-electron chi connectivity index (χ2n) is 9.94. The summed E-state index contributed by atoms with van der Waals surface area (Å²) in [5.41, 5.74) is 5.07. The summed E-state index contributed by atoms with van der Waals surface area (Å²) in [6.45, 7) is 7.84. The van der Waals surface area contributed by atoms with Crippen molar-refractivity contribution in [3.8, 4) is 0 Å². The number of nitrogens with zero attached hydrogens (tertiary/aromatic N) is 5. The number of aromatic nitrogens is 3. The summed E-state index contributed by atoms with van der Waals surface area (Å²) in [5, 5.41) is 3.07. The third-order valence-corrected chi connectivity index (χ3v) is 6.54. The summed E-state index contributed by atoms with van der Waals surface area (Å²) >= 11 is 0. The summed E-state index contributed by atoms with van der Waals surface area (Å²) in [6.07, 6.45) is 6.44. The Morgan fingerprint density at radius 1 is 1.11 bits per heavy atom. The Bertz CT molecular complexity index is 1270. The van der Waals surface area contributed by atoms with Crippen molar-refractivity contribution in [3.63, 3.8) is 0 Å². The van der Waals surface area contributed by atoms with Crippen LogP contribution in [-0.4, -0.2) is 69.9 Å². The van der Waals surface area contributed by atoms with Gasteiger partial charge in [0, 0.05) is 42.7 Å². The van der Waals surface area contributed by atoms with Gasteiger partial charge in [0.05, 0.1) is 17.1 Å². The minimum atomic E-state index is -0.217. The third kappa shape index (κ3) is 5.82. The van der Waals surface area contributed by atoms with Crippen LogP contribution in [0.2, 0.25) is 0 Å². The van der Waals surface area contributed by atoms with Gasteiger partial charge in [0.1, 0.15) is 0 Å². The molecule has 1 unspecified atom stereocenters. The molecule has 8 heteroatoms. The SMILES string of the molecule is Cc1cc(C(=O)Nc2nc3cccc(C)c3n2C2CCCCN(C(=O)C=CCN(C)C)C2)cc(C)n1. The highest BCUT2D eigenvalue weighted by Gasteiger charge is 2.27.